The molecule has 4 heteroatoms. The SMILES string of the molecule is C=C(C(=O)NCc1ccc(C)cc1)C1=C(N(C)C)CNC1. The number of nitrogens with zero attached hydrogens (tertiary/aromatic N) is 1. The van der Waals surface area contributed by atoms with Gasteiger partial charge in [0.1, 0.15) is 0 Å². The molecule has 0 fully saturated rings. The van der Waals surface area contributed by atoms with Crippen LogP contribution in [0.3, 0.4) is 0 Å². The molecule has 0 saturated carbocycles. The number of likely N-dealkylation sites (N-methyl/N-ethyl adjacent to an activating group) is 1. The summed E-state index contributed by atoms with van der Waals surface area (Å²) in [5.74, 6) is -0.103. The van der Waals surface area contributed by atoms with E-state index in [1.165, 1.54) is 5.56 Å². The number of hydrogen-bond acceptors (Lipinski definition) is 3. The lowest BCUT2D eigenvalue weighted by Crippen LogP contribution is -2.26. The molecule has 1 heterocycles. The largest absolute Gasteiger partial charge is 0.380 e. The van der Waals surface area contributed by atoms with Gasteiger partial charge in [-0.05, 0) is 18.1 Å². The van der Waals surface area contributed by atoms with Gasteiger partial charge in [-0.2, -0.15) is 0 Å². The highest BCUT2D eigenvalue weighted by Crippen LogP contribution is 2.19. The molecule has 0 radical (unpaired) electrons. The van der Waals surface area contributed by atoms with Crippen molar-refractivity contribution in [3.63, 3.8) is 0 Å². The summed E-state index contributed by atoms with van der Waals surface area (Å²) in [6.45, 7) is 8.01. The third-order valence-electron chi connectivity index (χ3n) is 3.69. The number of benzene rings is 1. The summed E-state index contributed by atoms with van der Waals surface area (Å²) < 4.78 is 0. The first kappa shape index (κ1) is 15.3. The highest BCUT2D eigenvalue weighted by Gasteiger charge is 2.21. The Balaban J connectivity index is 1.98. The zero-order valence-corrected chi connectivity index (χ0v) is 13.0. The van der Waals surface area contributed by atoms with Crippen molar-refractivity contribution < 1.29 is 4.79 Å². The number of aryl methyl sites for hydroxylation is 1. The predicted molar refractivity (Wildman–Crippen MR) is 85.7 cm³/mol. The predicted octanol–water partition coefficient (Wildman–Crippen LogP) is 1.59. The van der Waals surface area contributed by atoms with Crippen molar-refractivity contribution in [2.24, 2.45) is 0 Å². The summed E-state index contributed by atoms with van der Waals surface area (Å²) in [4.78, 5) is 14.3. The second-order valence-corrected chi connectivity index (χ2v) is 5.57. The van der Waals surface area contributed by atoms with Crippen LogP contribution in [0.25, 0.3) is 0 Å². The molecule has 21 heavy (non-hydrogen) atoms. The average Bonchev–Trinajstić information content (AvgIpc) is 2.95. The molecule has 0 unspecified atom stereocenters. The molecule has 2 rings (SSSR count). The quantitative estimate of drug-likeness (QED) is 0.808. The van der Waals surface area contributed by atoms with Gasteiger partial charge in [-0.25, -0.2) is 0 Å². The maximum Gasteiger partial charge on any atom is 0.251 e. The van der Waals surface area contributed by atoms with Gasteiger partial charge in [0.25, 0.3) is 5.91 Å². The topological polar surface area (TPSA) is 44.4 Å². The summed E-state index contributed by atoms with van der Waals surface area (Å²) in [6.07, 6.45) is 0. The number of carbonyl (C=O) groups is 1. The number of nitrogens with one attached hydrogen (secondary N) is 2. The smallest absolute Gasteiger partial charge is 0.251 e. The monoisotopic (exact) mass is 285 g/mol. The van der Waals surface area contributed by atoms with Gasteiger partial charge in [0, 0.05) is 45.0 Å². The molecule has 4 nitrogen and oxygen atoms in total. The Morgan fingerprint density at radius 3 is 2.57 bits per heavy atom. The van der Waals surface area contributed by atoms with E-state index >= 15 is 0 Å². The van der Waals surface area contributed by atoms with E-state index in [2.05, 4.69) is 17.2 Å². The minimum Gasteiger partial charge on any atom is -0.380 e. The zero-order valence-electron chi connectivity index (χ0n) is 13.0. The molecule has 0 atom stereocenters. The van der Waals surface area contributed by atoms with Crippen LogP contribution < -0.4 is 10.6 Å². The fraction of sp³-hybridized carbons (Fsp3) is 0.353. The van der Waals surface area contributed by atoms with E-state index in [1.54, 1.807) is 0 Å². The number of amides is 1. The van der Waals surface area contributed by atoms with E-state index in [1.807, 2.05) is 50.2 Å². The number of rotatable bonds is 5. The summed E-state index contributed by atoms with van der Waals surface area (Å²) in [6, 6.07) is 8.15. The molecule has 112 valence electrons. The van der Waals surface area contributed by atoms with Gasteiger partial charge < -0.3 is 15.5 Å². The van der Waals surface area contributed by atoms with E-state index in [9.17, 15) is 4.79 Å². The molecule has 0 spiro atoms. The molecule has 2 N–H and O–H groups in total. The Kier molecular flexibility index (Phi) is 4.81. The van der Waals surface area contributed by atoms with Gasteiger partial charge in [-0.1, -0.05) is 36.4 Å². The second-order valence-electron chi connectivity index (χ2n) is 5.57. The van der Waals surface area contributed by atoms with Crippen molar-refractivity contribution >= 4 is 5.91 Å². The van der Waals surface area contributed by atoms with Crippen LogP contribution in [-0.4, -0.2) is 38.0 Å². The molecular weight excluding hydrogens is 262 g/mol. The standard InChI is InChI=1S/C17H23N3O/c1-12-5-7-14(8-6-12)9-19-17(21)13(2)15-10-18-11-16(15)20(3)4/h5-8,18H,2,9-11H2,1,3-4H3,(H,19,21). The lowest BCUT2D eigenvalue weighted by atomic mass is 10.1. The second kappa shape index (κ2) is 6.59. The van der Waals surface area contributed by atoms with Crippen LogP contribution >= 0.6 is 0 Å². The summed E-state index contributed by atoms with van der Waals surface area (Å²) in [5, 5.41) is 6.20. The summed E-state index contributed by atoms with van der Waals surface area (Å²) >= 11 is 0. The van der Waals surface area contributed by atoms with Crippen LogP contribution in [0.15, 0.2) is 47.7 Å². The van der Waals surface area contributed by atoms with E-state index in [-0.39, 0.29) is 5.91 Å². The van der Waals surface area contributed by atoms with E-state index in [0.29, 0.717) is 18.7 Å². The van der Waals surface area contributed by atoms with Crippen molar-refractivity contribution in [3.05, 3.63) is 58.8 Å². The van der Waals surface area contributed by atoms with Crippen molar-refractivity contribution in [2.45, 2.75) is 13.5 Å². The Morgan fingerprint density at radius 1 is 1.29 bits per heavy atom. The Labute approximate surface area is 126 Å². The van der Waals surface area contributed by atoms with E-state index < -0.39 is 0 Å². The van der Waals surface area contributed by atoms with Gasteiger partial charge in [-0.15, -0.1) is 0 Å². The van der Waals surface area contributed by atoms with Crippen LogP contribution in [-0.2, 0) is 11.3 Å². The molecule has 1 amide bonds. The highest BCUT2D eigenvalue weighted by atomic mass is 16.1. The first-order valence-electron chi connectivity index (χ1n) is 7.12. The van der Waals surface area contributed by atoms with Crippen molar-refractivity contribution in [1.82, 2.24) is 15.5 Å². The third kappa shape index (κ3) is 3.73. The van der Waals surface area contributed by atoms with Crippen LogP contribution in [0.2, 0.25) is 0 Å². The van der Waals surface area contributed by atoms with Crippen molar-refractivity contribution in [1.29, 1.82) is 0 Å². The Morgan fingerprint density at radius 2 is 1.95 bits per heavy atom. The van der Waals surface area contributed by atoms with Crippen LogP contribution in [0.1, 0.15) is 11.1 Å². The number of carbonyl (C=O) groups excluding carboxylic acids is 1. The molecule has 0 bridgehead atoms. The van der Waals surface area contributed by atoms with Crippen LogP contribution in [0.5, 0.6) is 0 Å². The minimum absolute atomic E-state index is 0.103. The van der Waals surface area contributed by atoms with Crippen LogP contribution in [0, 0.1) is 6.92 Å². The minimum atomic E-state index is -0.103. The van der Waals surface area contributed by atoms with Crippen molar-refractivity contribution in [3.8, 4) is 0 Å². The fourth-order valence-corrected chi connectivity index (χ4v) is 2.36. The van der Waals surface area contributed by atoms with Gasteiger partial charge in [0.15, 0.2) is 0 Å². The number of hydrogen-bond donors (Lipinski definition) is 2. The maximum atomic E-state index is 12.2. The highest BCUT2D eigenvalue weighted by molar-refractivity contribution is 5.97. The average molecular weight is 285 g/mol. The molecule has 0 aromatic heterocycles. The summed E-state index contributed by atoms with van der Waals surface area (Å²) in [5.41, 5.74) is 4.99. The Bertz CT molecular complexity index is 570. The van der Waals surface area contributed by atoms with Gasteiger partial charge in [-0.3, -0.25) is 4.79 Å². The van der Waals surface area contributed by atoms with E-state index in [0.717, 1.165) is 23.4 Å². The summed E-state index contributed by atoms with van der Waals surface area (Å²) in [7, 11) is 3.97. The van der Waals surface area contributed by atoms with Gasteiger partial charge >= 0.3 is 0 Å². The lowest BCUT2D eigenvalue weighted by Gasteiger charge is -2.17. The van der Waals surface area contributed by atoms with Gasteiger partial charge in [0.2, 0.25) is 0 Å². The lowest BCUT2D eigenvalue weighted by molar-refractivity contribution is -0.117. The van der Waals surface area contributed by atoms with Gasteiger partial charge in [0.05, 0.1) is 0 Å². The normalized spacial score (nSPS) is 14.2. The molecule has 1 aromatic carbocycles. The molecule has 1 aliphatic rings. The zero-order chi connectivity index (χ0) is 15.4. The molecular formula is C17H23N3O. The maximum absolute atomic E-state index is 12.2. The fourth-order valence-electron chi connectivity index (χ4n) is 2.36. The Hall–Kier alpha value is -2.07. The molecule has 0 aliphatic carbocycles. The first-order chi connectivity index (χ1) is 9.99. The third-order valence-corrected chi connectivity index (χ3v) is 3.69. The van der Waals surface area contributed by atoms with Crippen molar-refractivity contribution in [2.75, 3.05) is 27.2 Å². The first-order valence-corrected chi connectivity index (χ1v) is 7.12. The molecule has 0 saturated heterocycles. The molecule has 1 aliphatic heterocycles. The van der Waals surface area contributed by atoms with Crippen LogP contribution in [0.4, 0.5) is 0 Å². The van der Waals surface area contributed by atoms with E-state index in [4.69, 9.17) is 0 Å². The molecule has 1 aromatic rings.